The van der Waals surface area contributed by atoms with Crippen molar-refractivity contribution in [3.05, 3.63) is 30.3 Å². The molecule has 0 spiro atoms. The predicted molar refractivity (Wildman–Crippen MR) is 76.2 cm³/mol. The molecule has 102 valence electrons. The molecule has 0 saturated carbocycles. The van der Waals surface area contributed by atoms with Crippen LogP contribution in [0.3, 0.4) is 0 Å². The summed E-state index contributed by atoms with van der Waals surface area (Å²) in [6, 6.07) is 10.6. The van der Waals surface area contributed by atoms with E-state index in [2.05, 4.69) is 29.2 Å². The summed E-state index contributed by atoms with van der Waals surface area (Å²) in [6.07, 6.45) is 2.07. The van der Waals surface area contributed by atoms with E-state index < -0.39 is 0 Å². The number of thioether (sulfide) groups is 1. The fourth-order valence-electron chi connectivity index (χ4n) is 2.83. The summed E-state index contributed by atoms with van der Waals surface area (Å²) < 4.78 is 5.06. The molecule has 1 aromatic rings. The summed E-state index contributed by atoms with van der Waals surface area (Å²) in [5.41, 5.74) is 0. The fraction of sp³-hybridized carbons (Fsp3) is 0.533. The highest BCUT2D eigenvalue weighted by Gasteiger charge is 2.36. The first-order valence-electron chi connectivity index (χ1n) is 6.91. The molecule has 3 nitrogen and oxygen atoms in total. The first kappa shape index (κ1) is 13.0. The number of carbonyl (C=O) groups excluding carboxylic acids is 1. The summed E-state index contributed by atoms with van der Waals surface area (Å²) in [7, 11) is 0. The average Bonchev–Trinajstić information content (AvgIpc) is 3.06. The smallest absolute Gasteiger partial charge is 0.323 e. The van der Waals surface area contributed by atoms with Crippen molar-refractivity contribution in [3.63, 3.8) is 0 Å². The maximum atomic E-state index is 11.6. The summed E-state index contributed by atoms with van der Waals surface area (Å²) >= 11 is 1.92. The highest BCUT2D eigenvalue weighted by atomic mass is 32.2. The minimum atomic E-state index is -0.0173. The number of hydrogen-bond acceptors (Lipinski definition) is 4. The van der Waals surface area contributed by atoms with Gasteiger partial charge in [0.15, 0.2) is 0 Å². The average molecular weight is 277 g/mol. The maximum Gasteiger partial charge on any atom is 0.323 e. The lowest BCUT2D eigenvalue weighted by atomic mass is 10.1. The van der Waals surface area contributed by atoms with Crippen LogP contribution >= 0.6 is 11.8 Å². The van der Waals surface area contributed by atoms with Crippen molar-refractivity contribution < 1.29 is 9.53 Å². The van der Waals surface area contributed by atoms with E-state index in [4.69, 9.17) is 4.74 Å². The van der Waals surface area contributed by atoms with Gasteiger partial charge < -0.3 is 4.74 Å². The molecular formula is C15H19NO2S. The zero-order valence-corrected chi connectivity index (χ0v) is 11.8. The van der Waals surface area contributed by atoms with Crippen LogP contribution in [0.25, 0.3) is 0 Å². The van der Waals surface area contributed by atoms with E-state index in [1.165, 1.54) is 11.3 Å². The van der Waals surface area contributed by atoms with Gasteiger partial charge in [0, 0.05) is 23.6 Å². The van der Waals surface area contributed by atoms with Crippen molar-refractivity contribution in [2.45, 2.75) is 23.8 Å². The monoisotopic (exact) mass is 277 g/mol. The number of cyclic esters (lactones) is 1. The SMILES string of the molecule is O=C1OCC[C@H]1N1CC[C@H](CSc2ccccc2)C1. The van der Waals surface area contributed by atoms with Gasteiger partial charge in [-0.15, -0.1) is 11.8 Å². The fourth-order valence-corrected chi connectivity index (χ4v) is 3.88. The third-order valence-electron chi connectivity index (χ3n) is 3.89. The molecule has 0 N–H and O–H groups in total. The van der Waals surface area contributed by atoms with Crippen molar-refractivity contribution >= 4 is 17.7 Å². The van der Waals surface area contributed by atoms with Crippen molar-refractivity contribution in [3.8, 4) is 0 Å². The number of nitrogens with zero attached hydrogens (tertiary/aromatic N) is 1. The molecule has 4 heteroatoms. The van der Waals surface area contributed by atoms with Gasteiger partial charge in [0.2, 0.25) is 0 Å². The second-order valence-corrected chi connectivity index (χ2v) is 6.34. The topological polar surface area (TPSA) is 29.5 Å². The van der Waals surface area contributed by atoms with Gasteiger partial charge >= 0.3 is 5.97 Å². The highest BCUT2D eigenvalue weighted by Crippen LogP contribution is 2.28. The molecule has 2 aliphatic heterocycles. The number of ether oxygens (including phenoxy) is 1. The second kappa shape index (κ2) is 5.97. The van der Waals surface area contributed by atoms with Gasteiger partial charge in [0.1, 0.15) is 6.04 Å². The Morgan fingerprint density at radius 2 is 2.11 bits per heavy atom. The van der Waals surface area contributed by atoms with Gasteiger partial charge in [0.25, 0.3) is 0 Å². The quantitative estimate of drug-likeness (QED) is 0.624. The minimum absolute atomic E-state index is 0.0173. The summed E-state index contributed by atoms with van der Waals surface area (Å²) in [6.45, 7) is 2.68. The van der Waals surface area contributed by atoms with Crippen molar-refractivity contribution in [2.75, 3.05) is 25.4 Å². The van der Waals surface area contributed by atoms with Crippen LogP contribution in [0.4, 0.5) is 0 Å². The molecule has 3 rings (SSSR count). The third kappa shape index (κ3) is 3.12. The molecule has 0 radical (unpaired) electrons. The molecule has 0 aromatic heterocycles. The molecule has 2 heterocycles. The number of likely N-dealkylation sites (tertiary alicyclic amines) is 1. The zero-order chi connectivity index (χ0) is 13.1. The number of rotatable bonds is 4. The molecule has 19 heavy (non-hydrogen) atoms. The van der Waals surface area contributed by atoms with E-state index >= 15 is 0 Å². The van der Waals surface area contributed by atoms with Gasteiger partial charge in [-0.05, 0) is 31.0 Å². The van der Waals surface area contributed by atoms with Crippen LogP contribution in [0.5, 0.6) is 0 Å². The Morgan fingerprint density at radius 1 is 1.26 bits per heavy atom. The molecule has 0 aliphatic carbocycles. The molecule has 2 fully saturated rings. The number of benzene rings is 1. The van der Waals surface area contributed by atoms with Crippen LogP contribution in [0.1, 0.15) is 12.8 Å². The Balaban J connectivity index is 1.48. The lowest BCUT2D eigenvalue weighted by Gasteiger charge is -2.20. The Morgan fingerprint density at radius 3 is 2.84 bits per heavy atom. The molecule has 1 aromatic carbocycles. The standard InChI is InChI=1S/C15H19NO2S/c17-15-14(7-9-18-15)16-8-6-12(10-16)11-19-13-4-2-1-3-5-13/h1-5,12,14H,6-11H2/t12-,14+/m0/s1. The van der Waals surface area contributed by atoms with Gasteiger partial charge in [0.05, 0.1) is 6.61 Å². The Hall–Kier alpha value is -1.00. The lowest BCUT2D eigenvalue weighted by molar-refractivity contribution is -0.142. The first-order chi connectivity index (χ1) is 9.33. The first-order valence-corrected chi connectivity index (χ1v) is 7.90. The van der Waals surface area contributed by atoms with E-state index in [1.807, 2.05) is 17.8 Å². The number of hydrogen-bond donors (Lipinski definition) is 0. The summed E-state index contributed by atoms with van der Waals surface area (Å²) in [4.78, 5) is 15.2. The van der Waals surface area contributed by atoms with Crippen LogP contribution < -0.4 is 0 Å². The Kier molecular flexibility index (Phi) is 4.09. The van der Waals surface area contributed by atoms with Crippen LogP contribution in [-0.4, -0.2) is 42.4 Å². The molecule has 2 aliphatic rings. The van der Waals surface area contributed by atoms with Gasteiger partial charge in [-0.3, -0.25) is 9.69 Å². The molecule has 2 atom stereocenters. The maximum absolute atomic E-state index is 11.6. The van der Waals surface area contributed by atoms with E-state index in [0.29, 0.717) is 12.5 Å². The van der Waals surface area contributed by atoms with Crippen LogP contribution in [0.2, 0.25) is 0 Å². The zero-order valence-electron chi connectivity index (χ0n) is 11.0. The lowest BCUT2D eigenvalue weighted by Crippen LogP contribution is -2.36. The van der Waals surface area contributed by atoms with Crippen molar-refractivity contribution in [2.24, 2.45) is 5.92 Å². The largest absolute Gasteiger partial charge is 0.464 e. The Labute approximate surface area is 118 Å². The number of esters is 1. The normalized spacial score (nSPS) is 27.7. The molecule has 0 unspecified atom stereocenters. The van der Waals surface area contributed by atoms with Crippen LogP contribution in [-0.2, 0) is 9.53 Å². The third-order valence-corrected chi connectivity index (χ3v) is 5.14. The van der Waals surface area contributed by atoms with Crippen molar-refractivity contribution in [1.82, 2.24) is 4.90 Å². The van der Waals surface area contributed by atoms with Gasteiger partial charge in [-0.25, -0.2) is 0 Å². The predicted octanol–water partition coefficient (Wildman–Crippen LogP) is 2.42. The van der Waals surface area contributed by atoms with Crippen LogP contribution in [0.15, 0.2) is 35.2 Å². The molecule has 2 saturated heterocycles. The molecular weight excluding hydrogens is 258 g/mol. The van der Waals surface area contributed by atoms with Gasteiger partial charge in [-0.1, -0.05) is 18.2 Å². The number of carbonyl (C=O) groups is 1. The van der Waals surface area contributed by atoms with Crippen LogP contribution in [0, 0.1) is 5.92 Å². The van der Waals surface area contributed by atoms with E-state index in [-0.39, 0.29) is 12.0 Å². The molecule has 0 amide bonds. The van der Waals surface area contributed by atoms with Crippen molar-refractivity contribution in [1.29, 1.82) is 0 Å². The van der Waals surface area contributed by atoms with E-state index in [1.54, 1.807) is 0 Å². The highest BCUT2D eigenvalue weighted by molar-refractivity contribution is 7.99. The molecule has 0 bridgehead atoms. The van der Waals surface area contributed by atoms with E-state index in [9.17, 15) is 4.79 Å². The second-order valence-electron chi connectivity index (χ2n) is 5.25. The Bertz CT molecular complexity index is 437. The van der Waals surface area contributed by atoms with Gasteiger partial charge in [-0.2, -0.15) is 0 Å². The van der Waals surface area contributed by atoms with E-state index in [0.717, 1.165) is 25.3 Å². The summed E-state index contributed by atoms with van der Waals surface area (Å²) in [5, 5.41) is 0. The minimum Gasteiger partial charge on any atom is -0.464 e. The summed E-state index contributed by atoms with van der Waals surface area (Å²) in [5.74, 6) is 1.82.